The lowest BCUT2D eigenvalue weighted by Crippen LogP contribution is -2.17. The molecule has 1 N–H and O–H groups in total. The second-order valence-corrected chi connectivity index (χ2v) is 7.36. The Bertz CT molecular complexity index is 1470. The average Bonchev–Trinajstić information content (AvgIpc) is 3.52. The monoisotopic (exact) mass is 451 g/mol. The number of ether oxygens (including phenoxy) is 1. The van der Waals surface area contributed by atoms with E-state index < -0.39 is 5.91 Å². The lowest BCUT2D eigenvalue weighted by molar-refractivity contribution is 0.0912. The zero-order valence-electron chi connectivity index (χ0n) is 18.4. The summed E-state index contributed by atoms with van der Waals surface area (Å²) >= 11 is 0. The van der Waals surface area contributed by atoms with E-state index >= 15 is 0 Å². The van der Waals surface area contributed by atoms with E-state index in [-0.39, 0.29) is 11.8 Å². The van der Waals surface area contributed by atoms with E-state index in [2.05, 4.69) is 33.7 Å². The number of rotatable bonds is 7. The maximum absolute atomic E-state index is 12.3. The van der Waals surface area contributed by atoms with Gasteiger partial charge < -0.3 is 9.15 Å². The highest BCUT2D eigenvalue weighted by Crippen LogP contribution is 2.26. The zero-order valence-corrected chi connectivity index (χ0v) is 18.4. The molecule has 5 rings (SSSR count). The Morgan fingerprint density at radius 2 is 1.88 bits per heavy atom. The van der Waals surface area contributed by atoms with E-state index in [0.717, 1.165) is 33.3 Å². The van der Waals surface area contributed by atoms with Crippen molar-refractivity contribution < 1.29 is 13.9 Å². The average molecular weight is 451 g/mol. The maximum atomic E-state index is 12.3. The first-order valence-electron chi connectivity index (χ1n) is 10.8. The minimum absolute atomic E-state index is 0.129. The molecule has 8 heteroatoms. The van der Waals surface area contributed by atoms with Gasteiger partial charge in [-0.15, -0.1) is 0 Å². The molecule has 34 heavy (non-hydrogen) atoms. The lowest BCUT2D eigenvalue weighted by Gasteiger charge is -2.06. The Labute approximate surface area is 195 Å². The highest BCUT2D eigenvalue weighted by Gasteiger charge is 2.15. The summed E-state index contributed by atoms with van der Waals surface area (Å²) in [6.07, 6.45) is 4.79. The third-order valence-electron chi connectivity index (χ3n) is 5.14. The number of carbonyl (C=O) groups excluding carboxylic acids is 1. The molecule has 0 atom stereocenters. The van der Waals surface area contributed by atoms with Crippen molar-refractivity contribution in [3.8, 4) is 22.9 Å². The van der Waals surface area contributed by atoms with Gasteiger partial charge in [0.25, 0.3) is 5.89 Å². The second-order valence-electron chi connectivity index (χ2n) is 7.36. The SMILES string of the molecule is CCOc1cnc(C(=O)N/N=C\c2cn(-c3cccc4ccccc34)nc2-c2ccccc2)o1. The first-order valence-corrected chi connectivity index (χ1v) is 10.8. The van der Waals surface area contributed by atoms with Crippen molar-refractivity contribution in [2.45, 2.75) is 6.92 Å². The molecule has 1 amide bonds. The van der Waals surface area contributed by atoms with Gasteiger partial charge in [0.2, 0.25) is 0 Å². The van der Waals surface area contributed by atoms with E-state index in [1.807, 2.05) is 72.4 Å². The fourth-order valence-corrected chi connectivity index (χ4v) is 3.62. The summed E-state index contributed by atoms with van der Waals surface area (Å²) in [5, 5.41) is 11.2. The quantitative estimate of drug-likeness (QED) is 0.282. The Balaban J connectivity index is 1.47. The van der Waals surface area contributed by atoms with Crippen LogP contribution in [0.2, 0.25) is 0 Å². The van der Waals surface area contributed by atoms with Gasteiger partial charge in [0, 0.05) is 22.7 Å². The van der Waals surface area contributed by atoms with Crippen LogP contribution in [0.15, 0.2) is 94.7 Å². The molecule has 0 aliphatic carbocycles. The minimum atomic E-state index is -0.579. The van der Waals surface area contributed by atoms with Gasteiger partial charge in [0.15, 0.2) is 0 Å². The molecule has 0 aliphatic heterocycles. The minimum Gasteiger partial charge on any atom is -0.464 e. The number of amides is 1. The number of aromatic nitrogens is 3. The predicted molar refractivity (Wildman–Crippen MR) is 129 cm³/mol. The molecule has 0 fully saturated rings. The molecule has 3 aromatic carbocycles. The largest absolute Gasteiger partial charge is 0.464 e. The molecule has 5 aromatic rings. The summed E-state index contributed by atoms with van der Waals surface area (Å²) in [7, 11) is 0. The molecule has 2 heterocycles. The maximum Gasteiger partial charge on any atom is 0.327 e. The molecule has 0 aliphatic rings. The molecule has 2 aromatic heterocycles. The molecule has 0 saturated carbocycles. The van der Waals surface area contributed by atoms with Crippen molar-refractivity contribution in [3.05, 3.63) is 96.6 Å². The third kappa shape index (κ3) is 4.29. The number of carbonyl (C=O) groups is 1. The number of fused-ring (bicyclic) bond motifs is 1. The van der Waals surface area contributed by atoms with Gasteiger partial charge in [0.1, 0.15) is 11.9 Å². The van der Waals surface area contributed by atoms with Gasteiger partial charge in [0.05, 0.1) is 18.5 Å². The van der Waals surface area contributed by atoms with Crippen molar-refractivity contribution in [2.24, 2.45) is 5.10 Å². The number of hydrogen-bond donors (Lipinski definition) is 1. The van der Waals surface area contributed by atoms with Crippen LogP contribution >= 0.6 is 0 Å². The number of hydrazone groups is 1. The van der Waals surface area contributed by atoms with Crippen LogP contribution in [0.4, 0.5) is 0 Å². The first kappa shape index (κ1) is 21.1. The van der Waals surface area contributed by atoms with Gasteiger partial charge in [-0.3, -0.25) is 4.79 Å². The second kappa shape index (κ2) is 9.41. The van der Waals surface area contributed by atoms with Crippen molar-refractivity contribution in [3.63, 3.8) is 0 Å². The zero-order chi connectivity index (χ0) is 23.3. The van der Waals surface area contributed by atoms with E-state index in [1.54, 1.807) is 6.21 Å². The number of benzene rings is 3. The van der Waals surface area contributed by atoms with Crippen molar-refractivity contribution in [1.29, 1.82) is 0 Å². The standard InChI is InChI=1S/C26H21N5O3/c1-2-33-23-16-27-26(34-23)25(32)29-28-15-20-17-31(30-24(20)19-10-4-3-5-11-19)22-14-8-12-18-9-6-7-13-21(18)22/h3-17H,2H2,1H3,(H,29,32)/b28-15-. The highest BCUT2D eigenvalue weighted by atomic mass is 16.6. The molecule has 0 radical (unpaired) electrons. The van der Waals surface area contributed by atoms with E-state index in [1.165, 1.54) is 6.20 Å². The van der Waals surface area contributed by atoms with Crippen LogP contribution in [0, 0.1) is 0 Å². The van der Waals surface area contributed by atoms with Crippen LogP contribution in [0.1, 0.15) is 23.2 Å². The fourth-order valence-electron chi connectivity index (χ4n) is 3.62. The van der Waals surface area contributed by atoms with Gasteiger partial charge in [-0.2, -0.15) is 10.2 Å². The van der Waals surface area contributed by atoms with Crippen LogP contribution < -0.4 is 10.2 Å². The van der Waals surface area contributed by atoms with E-state index in [0.29, 0.717) is 6.61 Å². The molecule has 0 bridgehead atoms. The predicted octanol–water partition coefficient (Wildman–Crippen LogP) is 4.84. The number of hydrogen-bond acceptors (Lipinski definition) is 6. The van der Waals surface area contributed by atoms with Gasteiger partial charge in [-0.1, -0.05) is 66.7 Å². The number of nitrogens with zero attached hydrogens (tertiary/aromatic N) is 4. The summed E-state index contributed by atoms with van der Waals surface area (Å²) in [6, 6.07) is 24.1. The van der Waals surface area contributed by atoms with E-state index in [4.69, 9.17) is 14.3 Å². The Kier molecular flexibility index (Phi) is 5.85. The van der Waals surface area contributed by atoms with Crippen LogP contribution in [0.3, 0.4) is 0 Å². The van der Waals surface area contributed by atoms with Crippen LogP contribution in [0.25, 0.3) is 27.7 Å². The summed E-state index contributed by atoms with van der Waals surface area (Å²) in [6.45, 7) is 2.23. The van der Waals surface area contributed by atoms with Crippen molar-refractivity contribution in [1.82, 2.24) is 20.2 Å². The molecular weight excluding hydrogens is 430 g/mol. The Morgan fingerprint density at radius 1 is 1.09 bits per heavy atom. The first-order chi connectivity index (χ1) is 16.7. The van der Waals surface area contributed by atoms with Gasteiger partial charge in [-0.05, 0) is 18.4 Å². The summed E-state index contributed by atoms with van der Waals surface area (Å²) in [5.74, 6) is -0.528. The smallest absolute Gasteiger partial charge is 0.327 e. The summed E-state index contributed by atoms with van der Waals surface area (Å²) in [4.78, 5) is 16.2. The van der Waals surface area contributed by atoms with Crippen molar-refractivity contribution >= 4 is 22.9 Å². The summed E-state index contributed by atoms with van der Waals surface area (Å²) < 4.78 is 12.3. The van der Waals surface area contributed by atoms with Crippen LogP contribution in [-0.2, 0) is 0 Å². The molecular formula is C26H21N5O3. The summed E-state index contributed by atoms with van der Waals surface area (Å²) in [5.41, 5.74) is 5.80. The molecule has 0 spiro atoms. The number of oxazole rings is 1. The van der Waals surface area contributed by atoms with Crippen LogP contribution in [-0.4, -0.2) is 33.5 Å². The topological polar surface area (TPSA) is 94.5 Å². The van der Waals surface area contributed by atoms with E-state index in [9.17, 15) is 4.79 Å². The van der Waals surface area contributed by atoms with Crippen LogP contribution in [0.5, 0.6) is 5.95 Å². The van der Waals surface area contributed by atoms with Crippen molar-refractivity contribution in [2.75, 3.05) is 6.61 Å². The van der Waals surface area contributed by atoms with Gasteiger partial charge in [-0.25, -0.2) is 15.1 Å². The molecule has 0 saturated heterocycles. The molecule has 8 nitrogen and oxygen atoms in total. The molecule has 168 valence electrons. The Morgan fingerprint density at radius 3 is 2.74 bits per heavy atom. The number of nitrogens with one attached hydrogen (secondary N) is 1. The highest BCUT2D eigenvalue weighted by molar-refractivity contribution is 5.94. The third-order valence-corrected chi connectivity index (χ3v) is 5.14. The normalized spacial score (nSPS) is 11.2. The fraction of sp³-hybridized carbons (Fsp3) is 0.0769. The Hall–Kier alpha value is -4.72. The lowest BCUT2D eigenvalue weighted by atomic mass is 10.1. The van der Waals surface area contributed by atoms with Gasteiger partial charge >= 0.3 is 11.9 Å². The molecule has 0 unspecified atom stereocenters.